The summed E-state index contributed by atoms with van der Waals surface area (Å²) >= 11 is 0. The van der Waals surface area contributed by atoms with Crippen LogP contribution in [0.1, 0.15) is 33.1 Å². The second-order valence-electron chi connectivity index (χ2n) is 4.88. The number of hydrogen-bond donors (Lipinski definition) is 3. The van der Waals surface area contributed by atoms with Crippen molar-refractivity contribution in [2.45, 2.75) is 45.2 Å². The Morgan fingerprint density at radius 1 is 1.40 bits per heavy atom. The van der Waals surface area contributed by atoms with Crippen molar-refractivity contribution in [3.8, 4) is 0 Å². The molecule has 1 rings (SSSR count). The zero-order valence-electron chi connectivity index (χ0n) is 11.9. The first-order valence-electron chi connectivity index (χ1n) is 6.73. The molecule has 0 aliphatic carbocycles. The minimum atomic E-state index is -1.22. The predicted molar refractivity (Wildman–Crippen MR) is 74.3 cm³/mol. The summed E-state index contributed by atoms with van der Waals surface area (Å²) in [6.45, 7) is 4.58. The van der Waals surface area contributed by atoms with Gasteiger partial charge in [0.2, 0.25) is 0 Å². The molecule has 0 spiro atoms. The third-order valence-corrected chi connectivity index (χ3v) is 3.26. The summed E-state index contributed by atoms with van der Waals surface area (Å²) in [6.07, 6.45) is 7.43. The summed E-state index contributed by atoms with van der Waals surface area (Å²) in [5.74, 6) is -1.03. The molecule has 0 saturated carbocycles. The SMILES string of the molecule is CCC(C)(NC(=O)NCCCCn1ccnc1)C(=O)O. The summed E-state index contributed by atoms with van der Waals surface area (Å²) in [5.41, 5.74) is -1.22. The minimum absolute atomic E-state index is 0.330. The number of rotatable bonds is 8. The molecule has 112 valence electrons. The molecule has 1 aromatic rings. The van der Waals surface area contributed by atoms with E-state index in [1.165, 1.54) is 6.92 Å². The lowest BCUT2D eigenvalue weighted by atomic mass is 10.00. The van der Waals surface area contributed by atoms with Crippen molar-refractivity contribution in [3.05, 3.63) is 18.7 Å². The quantitative estimate of drug-likeness (QED) is 0.624. The molecule has 0 saturated heterocycles. The van der Waals surface area contributed by atoms with Gasteiger partial charge in [-0.05, 0) is 26.2 Å². The summed E-state index contributed by atoms with van der Waals surface area (Å²) < 4.78 is 1.97. The van der Waals surface area contributed by atoms with Crippen LogP contribution in [0, 0.1) is 0 Å². The van der Waals surface area contributed by atoms with Gasteiger partial charge in [-0.2, -0.15) is 0 Å². The van der Waals surface area contributed by atoms with Crippen LogP contribution < -0.4 is 10.6 Å². The van der Waals surface area contributed by atoms with Crippen molar-refractivity contribution >= 4 is 12.0 Å². The smallest absolute Gasteiger partial charge is 0.329 e. The summed E-state index contributed by atoms with van der Waals surface area (Å²) in [7, 11) is 0. The van der Waals surface area contributed by atoms with Crippen molar-refractivity contribution in [2.24, 2.45) is 0 Å². The molecule has 7 heteroatoms. The van der Waals surface area contributed by atoms with Crippen molar-refractivity contribution in [1.82, 2.24) is 20.2 Å². The highest BCUT2D eigenvalue weighted by atomic mass is 16.4. The van der Waals surface area contributed by atoms with E-state index in [0.29, 0.717) is 13.0 Å². The molecular weight excluding hydrogens is 260 g/mol. The maximum Gasteiger partial charge on any atom is 0.329 e. The van der Waals surface area contributed by atoms with Crippen LogP contribution in [0.15, 0.2) is 18.7 Å². The number of imidazole rings is 1. The number of amides is 2. The number of aliphatic carboxylic acids is 1. The molecule has 1 unspecified atom stereocenters. The second-order valence-corrected chi connectivity index (χ2v) is 4.88. The number of carbonyl (C=O) groups excluding carboxylic acids is 1. The molecule has 7 nitrogen and oxygen atoms in total. The molecule has 1 aromatic heterocycles. The Kier molecular flexibility index (Phi) is 6.02. The van der Waals surface area contributed by atoms with Crippen molar-refractivity contribution in [3.63, 3.8) is 0 Å². The van der Waals surface area contributed by atoms with E-state index in [1.807, 2.05) is 10.8 Å². The van der Waals surface area contributed by atoms with Gasteiger partial charge in [-0.15, -0.1) is 0 Å². The van der Waals surface area contributed by atoms with Gasteiger partial charge in [0.1, 0.15) is 5.54 Å². The third kappa shape index (κ3) is 4.91. The molecule has 3 N–H and O–H groups in total. The van der Waals surface area contributed by atoms with Gasteiger partial charge in [0.15, 0.2) is 0 Å². The van der Waals surface area contributed by atoms with Crippen LogP contribution in [0.2, 0.25) is 0 Å². The Balaban J connectivity index is 2.18. The van der Waals surface area contributed by atoms with E-state index in [0.717, 1.165) is 19.4 Å². The van der Waals surface area contributed by atoms with Crippen LogP contribution in [0.3, 0.4) is 0 Å². The zero-order chi connectivity index (χ0) is 15.0. The van der Waals surface area contributed by atoms with Crippen molar-refractivity contribution < 1.29 is 14.7 Å². The van der Waals surface area contributed by atoms with E-state index in [2.05, 4.69) is 15.6 Å². The maximum atomic E-state index is 11.6. The fraction of sp³-hybridized carbons (Fsp3) is 0.615. The Morgan fingerprint density at radius 3 is 2.70 bits per heavy atom. The monoisotopic (exact) mass is 282 g/mol. The molecule has 2 amide bonds. The molecule has 0 aromatic carbocycles. The van der Waals surface area contributed by atoms with E-state index in [1.54, 1.807) is 19.4 Å². The number of urea groups is 1. The maximum absolute atomic E-state index is 11.6. The van der Waals surface area contributed by atoms with Crippen LogP contribution in [0.4, 0.5) is 4.79 Å². The van der Waals surface area contributed by atoms with E-state index >= 15 is 0 Å². The third-order valence-electron chi connectivity index (χ3n) is 3.26. The average Bonchev–Trinajstić information content (AvgIpc) is 2.91. The molecule has 0 aliphatic rings. The fourth-order valence-electron chi connectivity index (χ4n) is 1.63. The predicted octanol–water partition coefficient (Wildman–Crippen LogP) is 1.22. The van der Waals surface area contributed by atoms with Gasteiger partial charge in [0.05, 0.1) is 6.33 Å². The number of carboxylic acids is 1. The minimum Gasteiger partial charge on any atom is -0.480 e. The number of aryl methyl sites for hydroxylation is 1. The van der Waals surface area contributed by atoms with Gasteiger partial charge < -0.3 is 20.3 Å². The van der Waals surface area contributed by atoms with Gasteiger partial charge in [-0.1, -0.05) is 6.92 Å². The molecule has 0 fully saturated rings. The highest BCUT2D eigenvalue weighted by Crippen LogP contribution is 2.08. The van der Waals surface area contributed by atoms with Crippen LogP contribution in [0.25, 0.3) is 0 Å². The second kappa shape index (κ2) is 7.52. The average molecular weight is 282 g/mol. The van der Waals surface area contributed by atoms with Crippen LogP contribution in [-0.2, 0) is 11.3 Å². The molecular formula is C13H22N4O3. The largest absolute Gasteiger partial charge is 0.480 e. The fourth-order valence-corrected chi connectivity index (χ4v) is 1.63. The first-order chi connectivity index (χ1) is 9.48. The lowest BCUT2D eigenvalue weighted by Crippen LogP contribution is -2.54. The summed E-state index contributed by atoms with van der Waals surface area (Å²) in [4.78, 5) is 26.6. The standard InChI is InChI=1S/C13H22N4O3/c1-3-13(2,11(18)19)16-12(20)15-6-4-5-8-17-9-7-14-10-17/h7,9-10H,3-6,8H2,1-2H3,(H,18,19)(H2,15,16,20). The number of nitrogens with zero attached hydrogens (tertiary/aromatic N) is 2. The topological polar surface area (TPSA) is 96.3 Å². The molecule has 0 aliphatic heterocycles. The Labute approximate surface area is 118 Å². The van der Waals surface area contributed by atoms with Crippen molar-refractivity contribution in [2.75, 3.05) is 6.54 Å². The Hall–Kier alpha value is -2.05. The number of nitrogens with one attached hydrogen (secondary N) is 2. The van der Waals surface area contributed by atoms with E-state index in [9.17, 15) is 9.59 Å². The first-order valence-corrected chi connectivity index (χ1v) is 6.73. The highest BCUT2D eigenvalue weighted by Gasteiger charge is 2.32. The summed E-state index contributed by atoms with van der Waals surface area (Å²) in [6, 6.07) is -0.445. The molecule has 0 bridgehead atoms. The van der Waals surface area contributed by atoms with Crippen LogP contribution in [0.5, 0.6) is 0 Å². The molecule has 1 heterocycles. The first kappa shape index (κ1) is 16.0. The van der Waals surface area contributed by atoms with Gasteiger partial charge in [0.25, 0.3) is 0 Å². The van der Waals surface area contributed by atoms with Crippen LogP contribution in [-0.4, -0.2) is 38.7 Å². The Morgan fingerprint density at radius 2 is 2.15 bits per heavy atom. The van der Waals surface area contributed by atoms with E-state index in [4.69, 9.17) is 5.11 Å². The van der Waals surface area contributed by atoms with Crippen LogP contribution >= 0.6 is 0 Å². The van der Waals surface area contributed by atoms with Gasteiger partial charge >= 0.3 is 12.0 Å². The van der Waals surface area contributed by atoms with Crippen molar-refractivity contribution in [1.29, 1.82) is 0 Å². The normalized spacial score (nSPS) is 13.5. The van der Waals surface area contributed by atoms with Gasteiger partial charge in [-0.25, -0.2) is 14.6 Å². The highest BCUT2D eigenvalue weighted by molar-refractivity contribution is 5.85. The van der Waals surface area contributed by atoms with Gasteiger partial charge in [-0.3, -0.25) is 0 Å². The number of carboxylic acid groups (broad SMARTS) is 1. The number of hydrogen-bond acceptors (Lipinski definition) is 3. The molecule has 20 heavy (non-hydrogen) atoms. The Bertz CT molecular complexity index is 433. The van der Waals surface area contributed by atoms with E-state index < -0.39 is 17.5 Å². The number of aromatic nitrogens is 2. The number of unbranched alkanes of at least 4 members (excludes halogenated alkanes) is 1. The van der Waals surface area contributed by atoms with E-state index in [-0.39, 0.29) is 0 Å². The molecule has 1 atom stereocenters. The lowest BCUT2D eigenvalue weighted by Gasteiger charge is -2.24. The number of carbonyl (C=O) groups is 2. The van der Waals surface area contributed by atoms with Gasteiger partial charge in [0, 0.05) is 25.5 Å². The lowest BCUT2D eigenvalue weighted by molar-refractivity contribution is -0.143. The summed E-state index contributed by atoms with van der Waals surface area (Å²) in [5, 5.41) is 14.2. The molecule has 0 radical (unpaired) electrons. The zero-order valence-corrected chi connectivity index (χ0v) is 11.9.